The van der Waals surface area contributed by atoms with Crippen LogP contribution in [-0.2, 0) is 22.4 Å². The van der Waals surface area contributed by atoms with Gasteiger partial charge >= 0.3 is 5.97 Å². The van der Waals surface area contributed by atoms with Crippen molar-refractivity contribution in [3.63, 3.8) is 0 Å². The van der Waals surface area contributed by atoms with Gasteiger partial charge in [-0.25, -0.2) is 4.79 Å². The van der Waals surface area contributed by atoms with Crippen molar-refractivity contribution >= 4 is 34.3 Å². The molecule has 174 valence electrons. The lowest BCUT2D eigenvalue weighted by molar-refractivity contribution is 0.0371. The van der Waals surface area contributed by atoms with Gasteiger partial charge in [0, 0.05) is 41.3 Å². The van der Waals surface area contributed by atoms with Crippen LogP contribution in [0.5, 0.6) is 0 Å². The third-order valence-electron chi connectivity index (χ3n) is 6.12. The van der Waals surface area contributed by atoms with E-state index in [9.17, 15) is 9.59 Å². The molecule has 1 aliphatic rings. The number of Topliss-reactive ketones (excluding diaryl/α,β-unsaturated/α-hetero) is 1. The van der Waals surface area contributed by atoms with Crippen molar-refractivity contribution in [2.75, 3.05) is 40.0 Å². The number of hydrogen-bond acceptors (Lipinski definition) is 5. The molecule has 0 amide bonds. The van der Waals surface area contributed by atoms with Crippen molar-refractivity contribution in [1.29, 1.82) is 0 Å². The minimum absolute atomic E-state index is 0.0917. The number of ketones is 1. The smallest absolute Gasteiger partial charge is 0.337 e. The Morgan fingerprint density at radius 1 is 1.12 bits per heavy atom. The van der Waals surface area contributed by atoms with E-state index in [1.165, 1.54) is 7.11 Å². The molecular weight excluding hydrogens is 440 g/mol. The largest absolute Gasteiger partial charge is 0.465 e. The van der Waals surface area contributed by atoms with Crippen molar-refractivity contribution in [3.8, 4) is 0 Å². The zero-order valence-corrected chi connectivity index (χ0v) is 19.9. The Morgan fingerprint density at radius 3 is 2.58 bits per heavy atom. The summed E-state index contributed by atoms with van der Waals surface area (Å²) < 4.78 is 12.5. The van der Waals surface area contributed by atoms with E-state index in [1.54, 1.807) is 6.07 Å². The topological polar surface area (TPSA) is 60.8 Å². The predicted molar refractivity (Wildman–Crippen MR) is 129 cm³/mol. The average Bonchev–Trinajstić information content (AvgIpc) is 3.13. The maximum Gasteiger partial charge on any atom is 0.337 e. The number of aromatic nitrogens is 1. The summed E-state index contributed by atoms with van der Waals surface area (Å²) in [5.41, 5.74) is 3.98. The van der Waals surface area contributed by atoms with Gasteiger partial charge in [0.2, 0.25) is 0 Å². The van der Waals surface area contributed by atoms with Crippen molar-refractivity contribution in [3.05, 3.63) is 69.9 Å². The molecule has 3 aromatic rings. The molecule has 2 heterocycles. The first-order valence-corrected chi connectivity index (χ1v) is 11.7. The third-order valence-corrected chi connectivity index (χ3v) is 6.48. The zero-order valence-electron chi connectivity index (χ0n) is 19.1. The average molecular weight is 469 g/mol. The molecule has 4 rings (SSSR count). The molecule has 7 heteroatoms. The minimum Gasteiger partial charge on any atom is -0.465 e. The van der Waals surface area contributed by atoms with E-state index < -0.39 is 5.97 Å². The van der Waals surface area contributed by atoms with Crippen LogP contribution in [-0.4, -0.2) is 61.2 Å². The fourth-order valence-electron chi connectivity index (χ4n) is 4.47. The summed E-state index contributed by atoms with van der Waals surface area (Å²) >= 11 is 6.48. The van der Waals surface area contributed by atoms with Crippen LogP contribution in [0.2, 0.25) is 5.02 Å². The van der Waals surface area contributed by atoms with Gasteiger partial charge in [-0.15, -0.1) is 0 Å². The first-order chi connectivity index (χ1) is 16.0. The summed E-state index contributed by atoms with van der Waals surface area (Å²) in [4.78, 5) is 28.0. The summed E-state index contributed by atoms with van der Waals surface area (Å²) in [6, 6.07) is 13.1. The Hall–Kier alpha value is -2.67. The summed E-state index contributed by atoms with van der Waals surface area (Å²) in [5.74, 6) is -0.310. The molecular formula is C26H29ClN2O4. The molecule has 2 aromatic carbocycles. The van der Waals surface area contributed by atoms with E-state index in [-0.39, 0.29) is 5.78 Å². The second-order valence-electron chi connectivity index (χ2n) is 8.28. The molecule has 0 bridgehead atoms. The second kappa shape index (κ2) is 10.5. The van der Waals surface area contributed by atoms with E-state index in [0.29, 0.717) is 36.9 Å². The monoisotopic (exact) mass is 468 g/mol. The lowest BCUT2D eigenvalue weighted by atomic mass is 10.0. The van der Waals surface area contributed by atoms with E-state index in [1.807, 2.05) is 36.4 Å². The highest BCUT2D eigenvalue weighted by atomic mass is 35.5. The Balaban J connectivity index is 1.86. The van der Waals surface area contributed by atoms with Gasteiger partial charge in [0.15, 0.2) is 5.78 Å². The SMILES string of the molecule is CCCc1c(C(=O)CN2CCOCC2)c2ccc(C(=O)OC)cc2n1Cc1ccccc1Cl. The van der Waals surface area contributed by atoms with Crippen LogP contribution in [0.1, 0.15) is 45.3 Å². The molecule has 1 saturated heterocycles. The number of benzene rings is 2. The highest BCUT2D eigenvalue weighted by molar-refractivity contribution is 6.31. The Kier molecular flexibility index (Phi) is 7.48. The fraction of sp³-hybridized carbons (Fsp3) is 0.385. The van der Waals surface area contributed by atoms with Gasteiger partial charge in [-0.3, -0.25) is 9.69 Å². The number of esters is 1. The Labute approximate surface area is 199 Å². The van der Waals surface area contributed by atoms with E-state index in [2.05, 4.69) is 16.4 Å². The highest BCUT2D eigenvalue weighted by Crippen LogP contribution is 2.31. The molecule has 0 unspecified atom stereocenters. The van der Waals surface area contributed by atoms with Crippen LogP contribution in [0.3, 0.4) is 0 Å². The lowest BCUT2D eigenvalue weighted by Gasteiger charge is -2.26. The molecule has 1 aliphatic heterocycles. The molecule has 1 aromatic heterocycles. The number of carbonyl (C=O) groups is 2. The minimum atomic E-state index is -0.402. The van der Waals surface area contributed by atoms with Gasteiger partial charge < -0.3 is 14.0 Å². The van der Waals surface area contributed by atoms with Crippen molar-refractivity contribution in [1.82, 2.24) is 9.47 Å². The van der Waals surface area contributed by atoms with E-state index in [0.717, 1.165) is 53.7 Å². The molecule has 33 heavy (non-hydrogen) atoms. The molecule has 0 atom stereocenters. The number of ether oxygens (including phenoxy) is 2. The number of carbonyl (C=O) groups excluding carboxylic acids is 2. The van der Waals surface area contributed by atoms with Crippen molar-refractivity contribution in [2.24, 2.45) is 0 Å². The standard InChI is InChI=1S/C26H29ClN2O4/c1-3-6-22-25(24(30)17-28-11-13-33-14-12-28)20-10-9-18(26(31)32-2)15-23(20)29(22)16-19-7-4-5-8-21(19)27/h4-5,7-10,15H,3,6,11-14,16-17H2,1-2H3. The predicted octanol–water partition coefficient (Wildman–Crippen LogP) is 4.60. The normalized spacial score (nSPS) is 14.5. The summed E-state index contributed by atoms with van der Waals surface area (Å²) in [6.07, 6.45) is 1.64. The summed E-state index contributed by atoms with van der Waals surface area (Å²) in [5, 5.41) is 1.53. The number of methoxy groups -OCH3 is 1. The van der Waals surface area contributed by atoms with Gasteiger partial charge in [-0.2, -0.15) is 0 Å². The number of rotatable bonds is 8. The van der Waals surface area contributed by atoms with E-state index >= 15 is 0 Å². The maximum atomic E-state index is 13.6. The van der Waals surface area contributed by atoms with Crippen LogP contribution >= 0.6 is 11.6 Å². The van der Waals surface area contributed by atoms with Gasteiger partial charge in [0.05, 0.1) is 37.9 Å². The van der Waals surface area contributed by atoms with Crippen LogP contribution in [0.25, 0.3) is 10.9 Å². The third kappa shape index (κ3) is 4.98. The number of morpholine rings is 1. The molecule has 0 radical (unpaired) electrons. The molecule has 0 aliphatic carbocycles. The second-order valence-corrected chi connectivity index (χ2v) is 8.69. The summed E-state index contributed by atoms with van der Waals surface area (Å²) in [6.45, 7) is 5.76. The number of hydrogen-bond donors (Lipinski definition) is 0. The molecule has 0 N–H and O–H groups in total. The summed E-state index contributed by atoms with van der Waals surface area (Å²) in [7, 11) is 1.37. The maximum absolute atomic E-state index is 13.6. The number of fused-ring (bicyclic) bond motifs is 1. The number of halogens is 1. The molecule has 6 nitrogen and oxygen atoms in total. The van der Waals surface area contributed by atoms with Crippen molar-refractivity contribution < 1.29 is 19.1 Å². The van der Waals surface area contributed by atoms with Gasteiger partial charge in [-0.1, -0.05) is 49.2 Å². The van der Waals surface area contributed by atoms with Crippen LogP contribution in [0, 0.1) is 0 Å². The molecule has 0 saturated carbocycles. The first-order valence-electron chi connectivity index (χ1n) is 11.3. The quantitative estimate of drug-likeness (QED) is 0.357. The van der Waals surface area contributed by atoms with Crippen LogP contribution < -0.4 is 0 Å². The number of nitrogens with zero attached hydrogens (tertiary/aromatic N) is 2. The van der Waals surface area contributed by atoms with Gasteiger partial charge in [0.1, 0.15) is 0 Å². The highest BCUT2D eigenvalue weighted by Gasteiger charge is 2.25. The van der Waals surface area contributed by atoms with E-state index in [4.69, 9.17) is 21.1 Å². The fourth-order valence-corrected chi connectivity index (χ4v) is 4.67. The van der Waals surface area contributed by atoms with Crippen LogP contribution in [0.15, 0.2) is 42.5 Å². The van der Waals surface area contributed by atoms with Crippen molar-refractivity contribution in [2.45, 2.75) is 26.3 Å². The Morgan fingerprint density at radius 2 is 1.88 bits per heavy atom. The lowest BCUT2D eigenvalue weighted by Crippen LogP contribution is -2.39. The Bertz CT molecular complexity index is 1160. The van der Waals surface area contributed by atoms with Gasteiger partial charge in [-0.05, 0) is 30.2 Å². The van der Waals surface area contributed by atoms with Crippen LogP contribution in [0.4, 0.5) is 0 Å². The molecule has 0 spiro atoms. The molecule has 1 fully saturated rings. The zero-order chi connectivity index (χ0) is 23.4. The first kappa shape index (κ1) is 23.5. The van der Waals surface area contributed by atoms with Gasteiger partial charge in [0.25, 0.3) is 0 Å².